The number of fused-ring (bicyclic) bond motifs is 5. The predicted octanol–water partition coefficient (Wildman–Crippen LogP) is 3.45. The number of ether oxygens (including phenoxy) is 3. The number of hydrogen-bond donors (Lipinski definition) is 1. The molecule has 0 bridgehead atoms. The molecule has 24 heavy (non-hydrogen) atoms. The van der Waals surface area contributed by atoms with E-state index in [1.165, 1.54) is 0 Å². The van der Waals surface area contributed by atoms with Crippen LogP contribution in [0.15, 0.2) is 39.5 Å². The molecule has 0 unspecified atom stereocenters. The van der Waals surface area contributed by atoms with Crippen molar-refractivity contribution >= 4 is 32.8 Å². The second-order valence-corrected chi connectivity index (χ2v) is 5.35. The Kier molecular flexibility index (Phi) is 3.13. The fraction of sp³-hybridized carbons (Fsp3) is 0.167. The predicted molar refractivity (Wildman–Crippen MR) is 91.5 cm³/mol. The fourth-order valence-electron chi connectivity index (χ4n) is 3.06. The van der Waals surface area contributed by atoms with Crippen LogP contribution in [-0.4, -0.2) is 26.3 Å². The lowest BCUT2D eigenvalue weighted by molar-refractivity contribution is 0.356. The summed E-state index contributed by atoms with van der Waals surface area (Å²) in [4.78, 5) is 15.9. The van der Waals surface area contributed by atoms with Gasteiger partial charge in [0.2, 0.25) is 0 Å². The van der Waals surface area contributed by atoms with Crippen LogP contribution in [0.3, 0.4) is 0 Å². The van der Waals surface area contributed by atoms with Crippen molar-refractivity contribution in [3.05, 3.63) is 40.8 Å². The highest BCUT2D eigenvalue weighted by molar-refractivity contribution is 6.16. The first-order valence-corrected chi connectivity index (χ1v) is 7.35. The van der Waals surface area contributed by atoms with E-state index in [2.05, 4.69) is 4.98 Å². The zero-order chi connectivity index (χ0) is 16.8. The first-order valence-electron chi connectivity index (χ1n) is 7.35. The van der Waals surface area contributed by atoms with Crippen LogP contribution in [0.25, 0.3) is 32.8 Å². The van der Waals surface area contributed by atoms with Gasteiger partial charge in [-0.3, -0.25) is 0 Å². The maximum absolute atomic E-state index is 12.6. The minimum absolute atomic E-state index is 0.419. The summed E-state index contributed by atoms with van der Waals surface area (Å²) in [5.41, 5.74) is 1.46. The molecule has 6 heteroatoms. The molecule has 2 aromatic carbocycles. The molecule has 4 aromatic rings. The van der Waals surface area contributed by atoms with E-state index in [0.717, 1.165) is 16.3 Å². The molecule has 0 saturated carbocycles. The molecule has 6 nitrogen and oxygen atoms in total. The number of benzene rings is 2. The largest absolute Gasteiger partial charge is 0.493 e. The summed E-state index contributed by atoms with van der Waals surface area (Å²) in [7, 11) is 4.67. The highest BCUT2D eigenvalue weighted by Crippen LogP contribution is 2.37. The van der Waals surface area contributed by atoms with E-state index in [1.54, 1.807) is 39.5 Å². The Bertz CT molecular complexity index is 1140. The van der Waals surface area contributed by atoms with Crippen LogP contribution in [0.4, 0.5) is 0 Å². The molecule has 4 rings (SSSR count). The normalized spacial score (nSPS) is 11.3. The monoisotopic (exact) mass is 325 g/mol. The number of aromatic amines is 1. The zero-order valence-corrected chi connectivity index (χ0v) is 13.4. The van der Waals surface area contributed by atoms with Gasteiger partial charge in [0, 0.05) is 16.8 Å². The molecule has 0 atom stereocenters. The Hall–Kier alpha value is -3.15. The van der Waals surface area contributed by atoms with E-state index in [0.29, 0.717) is 33.7 Å². The first kappa shape index (κ1) is 14.4. The number of H-pyrrole nitrogens is 1. The maximum Gasteiger partial charge on any atom is 0.346 e. The molecule has 0 amide bonds. The van der Waals surface area contributed by atoms with E-state index in [1.807, 2.05) is 12.1 Å². The Morgan fingerprint density at radius 3 is 2.33 bits per heavy atom. The minimum atomic E-state index is -0.430. The van der Waals surface area contributed by atoms with Gasteiger partial charge in [-0.15, -0.1) is 0 Å². The zero-order valence-electron chi connectivity index (χ0n) is 13.4. The number of rotatable bonds is 3. The second-order valence-electron chi connectivity index (χ2n) is 5.35. The average molecular weight is 325 g/mol. The smallest absolute Gasteiger partial charge is 0.346 e. The topological polar surface area (TPSA) is 73.7 Å². The van der Waals surface area contributed by atoms with Gasteiger partial charge >= 0.3 is 5.63 Å². The quantitative estimate of drug-likeness (QED) is 0.584. The van der Waals surface area contributed by atoms with Gasteiger partial charge in [-0.1, -0.05) is 6.07 Å². The van der Waals surface area contributed by atoms with Crippen molar-refractivity contribution in [2.24, 2.45) is 0 Å². The summed E-state index contributed by atoms with van der Waals surface area (Å²) < 4.78 is 21.5. The SMILES string of the molecule is COc1cc2[nH]c3c4cccc(OC)c4oc(=O)c3c2cc1OC. The summed E-state index contributed by atoms with van der Waals surface area (Å²) in [6.45, 7) is 0. The maximum atomic E-state index is 12.6. The van der Waals surface area contributed by atoms with E-state index < -0.39 is 5.63 Å². The molecular formula is C18H15NO5. The van der Waals surface area contributed by atoms with Crippen molar-refractivity contribution in [1.82, 2.24) is 4.98 Å². The summed E-state index contributed by atoms with van der Waals surface area (Å²) >= 11 is 0. The number of aromatic nitrogens is 1. The average Bonchev–Trinajstić information content (AvgIpc) is 2.99. The van der Waals surface area contributed by atoms with Gasteiger partial charge in [0.15, 0.2) is 22.8 Å². The summed E-state index contributed by atoms with van der Waals surface area (Å²) in [5, 5.41) is 1.98. The van der Waals surface area contributed by atoms with Crippen LogP contribution in [-0.2, 0) is 0 Å². The van der Waals surface area contributed by atoms with Crippen LogP contribution in [0.1, 0.15) is 0 Å². The van der Waals surface area contributed by atoms with E-state index in [-0.39, 0.29) is 0 Å². The molecule has 2 heterocycles. The van der Waals surface area contributed by atoms with Crippen molar-refractivity contribution in [2.45, 2.75) is 0 Å². The van der Waals surface area contributed by atoms with Crippen molar-refractivity contribution in [3.63, 3.8) is 0 Å². The first-order chi connectivity index (χ1) is 11.7. The van der Waals surface area contributed by atoms with E-state index >= 15 is 0 Å². The van der Waals surface area contributed by atoms with Crippen molar-refractivity contribution in [3.8, 4) is 17.2 Å². The van der Waals surface area contributed by atoms with Gasteiger partial charge in [-0.2, -0.15) is 0 Å². The van der Waals surface area contributed by atoms with Gasteiger partial charge in [-0.05, 0) is 18.2 Å². The highest BCUT2D eigenvalue weighted by Gasteiger charge is 2.18. The third-order valence-electron chi connectivity index (χ3n) is 4.17. The summed E-state index contributed by atoms with van der Waals surface area (Å²) in [5.74, 6) is 1.65. The number of hydrogen-bond acceptors (Lipinski definition) is 5. The third kappa shape index (κ3) is 1.86. The molecule has 122 valence electrons. The number of nitrogens with one attached hydrogen (secondary N) is 1. The van der Waals surface area contributed by atoms with Crippen LogP contribution in [0.5, 0.6) is 17.2 Å². The van der Waals surface area contributed by atoms with E-state index in [4.69, 9.17) is 18.6 Å². The van der Waals surface area contributed by atoms with Crippen LogP contribution >= 0.6 is 0 Å². The van der Waals surface area contributed by atoms with Gasteiger partial charge in [-0.25, -0.2) is 4.79 Å². The molecular weight excluding hydrogens is 310 g/mol. The molecule has 0 aliphatic rings. The van der Waals surface area contributed by atoms with E-state index in [9.17, 15) is 4.79 Å². The van der Waals surface area contributed by atoms with Gasteiger partial charge in [0.1, 0.15) is 0 Å². The Balaban J connectivity index is 2.22. The number of methoxy groups -OCH3 is 3. The lowest BCUT2D eigenvalue weighted by Crippen LogP contribution is -1.99. The molecule has 0 spiro atoms. The fourth-order valence-corrected chi connectivity index (χ4v) is 3.06. The second kappa shape index (κ2) is 5.19. The van der Waals surface area contributed by atoms with Crippen LogP contribution < -0.4 is 19.8 Å². The van der Waals surface area contributed by atoms with Crippen molar-refractivity contribution < 1.29 is 18.6 Å². The van der Waals surface area contributed by atoms with Gasteiger partial charge in [0.25, 0.3) is 0 Å². The van der Waals surface area contributed by atoms with Gasteiger partial charge in [0.05, 0.1) is 37.7 Å². The molecule has 1 N–H and O–H groups in total. The molecule has 0 saturated heterocycles. The third-order valence-corrected chi connectivity index (χ3v) is 4.17. The summed E-state index contributed by atoms with van der Waals surface area (Å²) in [6, 6.07) is 9.07. The van der Waals surface area contributed by atoms with Crippen LogP contribution in [0, 0.1) is 0 Å². The molecule has 0 aliphatic carbocycles. The standard InChI is InChI=1S/C18H15NO5/c1-21-12-6-4-5-9-16-15(18(20)24-17(9)12)10-7-13(22-2)14(23-3)8-11(10)19-16/h4-8,19H,1-3H3. The Morgan fingerprint density at radius 2 is 1.62 bits per heavy atom. The minimum Gasteiger partial charge on any atom is -0.493 e. The van der Waals surface area contributed by atoms with Crippen molar-refractivity contribution in [1.29, 1.82) is 0 Å². The Labute approximate surface area is 136 Å². The van der Waals surface area contributed by atoms with Crippen molar-refractivity contribution in [2.75, 3.05) is 21.3 Å². The summed E-state index contributed by atoms with van der Waals surface area (Å²) in [6.07, 6.45) is 0. The number of para-hydroxylation sites is 1. The van der Waals surface area contributed by atoms with Gasteiger partial charge < -0.3 is 23.6 Å². The van der Waals surface area contributed by atoms with Crippen LogP contribution in [0.2, 0.25) is 0 Å². The molecule has 2 aromatic heterocycles. The highest BCUT2D eigenvalue weighted by atomic mass is 16.5. The molecule has 0 radical (unpaired) electrons. The Morgan fingerprint density at radius 1 is 0.917 bits per heavy atom. The lowest BCUT2D eigenvalue weighted by Gasteiger charge is -2.06. The molecule has 0 aliphatic heterocycles. The lowest BCUT2D eigenvalue weighted by atomic mass is 10.1. The molecule has 0 fully saturated rings.